The van der Waals surface area contributed by atoms with Crippen LogP contribution in [0.25, 0.3) is 0 Å². The first-order valence-corrected chi connectivity index (χ1v) is 8.68. The van der Waals surface area contributed by atoms with Gasteiger partial charge in [-0.1, -0.05) is 11.6 Å². The molecular weight excluding hydrogens is 316 g/mol. The van der Waals surface area contributed by atoms with Gasteiger partial charge in [0.2, 0.25) is 0 Å². The van der Waals surface area contributed by atoms with Crippen molar-refractivity contribution in [1.29, 1.82) is 0 Å². The highest BCUT2D eigenvalue weighted by Crippen LogP contribution is 2.27. The number of ether oxygens (including phenoxy) is 1. The van der Waals surface area contributed by atoms with Gasteiger partial charge in [0.05, 0.1) is 24.3 Å². The second-order valence-corrected chi connectivity index (χ2v) is 7.61. The van der Waals surface area contributed by atoms with E-state index in [1.54, 1.807) is 18.2 Å². The van der Waals surface area contributed by atoms with Gasteiger partial charge in [-0.2, -0.15) is 0 Å². The molecule has 0 spiro atoms. The van der Waals surface area contributed by atoms with Gasteiger partial charge in [-0.25, -0.2) is 13.2 Å². The highest BCUT2D eigenvalue weighted by molar-refractivity contribution is 7.91. The van der Waals surface area contributed by atoms with Crippen molar-refractivity contribution in [1.82, 2.24) is 5.32 Å². The third-order valence-electron chi connectivity index (χ3n) is 3.29. The van der Waals surface area contributed by atoms with Crippen LogP contribution >= 0.6 is 11.6 Å². The number of urea groups is 1. The maximum atomic E-state index is 11.8. The maximum absolute atomic E-state index is 11.8. The summed E-state index contributed by atoms with van der Waals surface area (Å²) in [5.41, 5.74) is 0.460. The molecular formula is C13H17ClN2O4S. The molecule has 6 nitrogen and oxygen atoms in total. The largest absolute Gasteiger partial charge is 0.495 e. The molecule has 0 aliphatic carbocycles. The SMILES string of the molecule is COc1ccc(Cl)cc1NC(=O)NCC1CCS(=O)(=O)C1. The van der Waals surface area contributed by atoms with Crippen molar-refractivity contribution in [2.45, 2.75) is 6.42 Å². The van der Waals surface area contributed by atoms with E-state index in [0.29, 0.717) is 29.4 Å². The average Bonchev–Trinajstić information content (AvgIpc) is 2.76. The smallest absolute Gasteiger partial charge is 0.319 e. The van der Waals surface area contributed by atoms with Crippen LogP contribution in [-0.4, -0.2) is 39.6 Å². The minimum absolute atomic E-state index is 0.0259. The lowest BCUT2D eigenvalue weighted by molar-refractivity contribution is 0.250. The molecule has 1 aromatic carbocycles. The van der Waals surface area contributed by atoms with Crippen LogP contribution in [0.4, 0.5) is 10.5 Å². The lowest BCUT2D eigenvalue weighted by atomic mass is 10.1. The van der Waals surface area contributed by atoms with Gasteiger partial charge in [0, 0.05) is 11.6 Å². The number of rotatable bonds is 4. The minimum Gasteiger partial charge on any atom is -0.495 e. The predicted molar refractivity (Wildman–Crippen MR) is 81.8 cm³/mol. The molecule has 1 aromatic rings. The Morgan fingerprint density at radius 3 is 2.86 bits per heavy atom. The van der Waals surface area contributed by atoms with Gasteiger partial charge < -0.3 is 15.4 Å². The fourth-order valence-electron chi connectivity index (χ4n) is 2.21. The number of hydrogen-bond donors (Lipinski definition) is 2. The number of methoxy groups -OCH3 is 1. The van der Waals surface area contributed by atoms with Crippen molar-refractivity contribution in [3.8, 4) is 5.75 Å². The summed E-state index contributed by atoms with van der Waals surface area (Å²) in [5.74, 6) is 0.802. The van der Waals surface area contributed by atoms with Gasteiger partial charge >= 0.3 is 6.03 Å². The first-order valence-electron chi connectivity index (χ1n) is 6.48. The molecule has 1 unspecified atom stereocenters. The molecule has 1 saturated heterocycles. The summed E-state index contributed by atoms with van der Waals surface area (Å²) in [6.45, 7) is 0.327. The molecule has 1 aliphatic rings. The third-order valence-corrected chi connectivity index (χ3v) is 5.36. The summed E-state index contributed by atoms with van der Waals surface area (Å²) in [6, 6.07) is 4.48. The van der Waals surface area contributed by atoms with E-state index in [-0.39, 0.29) is 17.4 Å². The number of sulfone groups is 1. The molecule has 21 heavy (non-hydrogen) atoms. The summed E-state index contributed by atoms with van der Waals surface area (Å²) in [4.78, 5) is 11.8. The van der Waals surface area contributed by atoms with Crippen molar-refractivity contribution in [2.75, 3.05) is 30.5 Å². The third kappa shape index (κ3) is 4.50. The Labute approximate surface area is 128 Å². The number of anilines is 1. The summed E-state index contributed by atoms with van der Waals surface area (Å²) in [6.07, 6.45) is 0.586. The van der Waals surface area contributed by atoms with Gasteiger partial charge in [0.15, 0.2) is 9.84 Å². The zero-order valence-electron chi connectivity index (χ0n) is 11.6. The lowest BCUT2D eigenvalue weighted by Gasteiger charge is -2.13. The van der Waals surface area contributed by atoms with E-state index in [9.17, 15) is 13.2 Å². The number of halogens is 1. The molecule has 1 aliphatic heterocycles. The topological polar surface area (TPSA) is 84.5 Å². The molecule has 1 heterocycles. The van der Waals surface area contributed by atoms with Crippen LogP contribution in [0.15, 0.2) is 18.2 Å². The fraction of sp³-hybridized carbons (Fsp3) is 0.462. The Morgan fingerprint density at radius 1 is 1.48 bits per heavy atom. The second kappa shape index (κ2) is 6.53. The standard InChI is InChI=1S/C13H17ClN2O4S/c1-20-12-3-2-10(14)6-11(12)16-13(17)15-7-9-4-5-21(18,19)8-9/h2-3,6,9H,4-5,7-8H2,1H3,(H2,15,16,17). The maximum Gasteiger partial charge on any atom is 0.319 e. The van der Waals surface area contributed by atoms with E-state index >= 15 is 0 Å². The van der Waals surface area contributed by atoms with Gasteiger partial charge in [0.25, 0.3) is 0 Å². The molecule has 2 rings (SSSR count). The van der Waals surface area contributed by atoms with E-state index in [1.807, 2.05) is 0 Å². The number of carbonyl (C=O) groups is 1. The molecule has 8 heteroatoms. The molecule has 0 aromatic heterocycles. The van der Waals surface area contributed by atoms with Crippen LogP contribution < -0.4 is 15.4 Å². The fourth-order valence-corrected chi connectivity index (χ4v) is 4.25. The van der Waals surface area contributed by atoms with E-state index in [4.69, 9.17) is 16.3 Å². The Hall–Kier alpha value is -1.47. The number of carbonyl (C=O) groups excluding carboxylic acids is 1. The molecule has 0 bridgehead atoms. The van der Waals surface area contributed by atoms with Gasteiger partial charge in [-0.3, -0.25) is 0 Å². The summed E-state index contributed by atoms with van der Waals surface area (Å²) >= 11 is 5.88. The molecule has 116 valence electrons. The van der Waals surface area contributed by atoms with Crippen LogP contribution in [0, 0.1) is 5.92 Å². The summed E-state index contributed by atoms with van der Waals surface area (Å²) in [7, 11) is -1.43. The molecule has 1 atom stereocenters. The quantitative estimate of drug-likeness (QED) is 0.882. The Bertz CT molecular complexity index is 633. The van der Waals surface area contributed by atoms with Crippen LogP contribution in [0.3, 0.4) is 0 Å². The normalized spacial score (nSPS) is 20.0. The zero-order valence-corrected chi connectivity index (χ0v) is 13.1. The molecule has 0 radical (unpaired) electrons. The Morgan fingerprint density at radius 2 is 2.24 bits per heavy atom. The first-order chi connectivity index (χ1) is 9.89. The first kappa shape index (κ1) is 15.9. The summed E-state index contributed by atoms with van der Waals surface area (Å²) in [5, 5.41) is 5.79. The van der Waals surface area contributed by atoms with Gasteiger partial charge in [0.1, 0.15) is 5.75 Å². The Kier molecular flexibility index (Phi) is 4.95. The predicted octanol–water partition coefficient (Wildman–Crippen LogP) is 1.90. The van der Waals surface area contributed by atoms with Gasteiger partial charge in [-0.15, -0.1) is 0 Å². The molecule has 1 fully saturated rings. The zero-order chi connectivity index (χ0) is 15.5. The number of benzene rings is 1. The second-order valence-electron chi connectivity index (χ2n) is 4.95. The van der Waals surface area contributed by atoms with E-state index in [0.717, 1.165) is 0 Å². The van der Waals surface area contributed by atoms with E-state index < -0.39 is 15.9 Å². The van der Waals surface area contributed by atoms with Crippen LogP contribution in [0.5, 0.6) is 5.75 Å². The number of amides is 2. The monoisotopic (exact) mass is 332 g/mol. The highest BCUT2D eigenvalue weighted by Gasteiger charge is 2.27. The van der Waals surface area contributed by atoms with Crippen molar-refractivity contribution in [2.24, 2.45) is 5.92 Å². The van der Waals surface area contributed by atoms with Crippen molar-refractivity contribution >= 4 is 33.2 Å². The highest BCUT2D eigenvalue weighted by atomic mass is 35.5. The summed E-state index contributed by atoms with van der Waals surface area (Å²) < 4.78 is 27.8. The number of hydrogen-bond acceptors (Lipinski definition) is 4. The molecule has 2 amide bonds. The van der Waals surface area contributed by atoms with Crippen molar-refractivity contribution < 1.29 is 17.9 Å². The molecule has 2 N–H and O–H groups in total. The van der Waals surface area contributed by atoms with Crippen molar-refractivity contribution in [3.63, 3.8) is 0 Å². The van der Waals surface area contributed by atoms with E-state index in [1.165, 1.54) is 7.11 Å². The molecule has 0 saturated carbocycles. The van der Waals surface area contributed by atoms with Crippen LogP contribution in [0.1, 0.15) is 6.42 Å². The number of nitrogens with one attached hydrogen (secondary N) is 2. The minimum atomic E-state index is -2.93. The van der Waals surface area contributed by atoms with Crippen LogP contribution in [0.2, 0.25) is 5.02 Å². The Balaban J connectivity index is 1.89. The van der Waals surface area contributed by atoms with Crippen LogP contribution in [-0.2, 0) is 9.84 Å². The van der Waals surface area contributed by atoms with Gasteiger partial charge in [-0.05, 0) is 30.5 Å². The average molecular weight is 333 g/mol. The lowest BCUT2D eigenvalue weighted by Crippen LogP contribution is -2.33. The van der Waals surface area contributed by atoms with E-state index in [2.05, 4.69) is 10.6 Å². The van der Waals surface area contributed by atoms with Crippen molar-refractivity contribution in [3.05, 3.63) is 23.2 Å².